The summed E-state index contributed by atoms with van der Waals surface area (Å²) in [6.45, 7) is 0. The molecule has 5 N–H and O–H groups in total. The predicted molar refractivity (Wildman–Crippen MR) is 91.6 cm³/mol. The second-order valence-corrected chi connectivity index (χ2v) is 4.69. The number of hydrogen-bond donors (Lipinski definition) is 5. The molecule has 0 atom stereocenters. The van der Waals surface area contributed by atoms with Gasteiger partial charge in [-0.15, -0.1) is 0 Å². The number of carbonyl (C=O) groups is 2. The van der Waals surface area contributed by atoms with Crippen molar-refractivity contribution >= 4 is 58.2 Å². The zero-order valence-electron chi connectivity index (χ0n) is 12.1. The molecule has 0 aliphatic heterocycles. The van der Waals surface area contributed by atoms with Crippen LogP contribution < -0.4 is 21.3 Å². The van der Waals surface area contributed by atoms with Gasteiger partial charge >= 0.3 is 12.2 Å². The summed E-state index contributed by atoms with van der Waals surface area (Å²) >= 11 is 9.87. The lowest BCUT2D eigenvalue weighted by Crippen LogP contribution is -2.35. The van der Waals surface area contributed by atoms with Crippen LogP contribution in [0.3, 0.4) is 0 Å². The van der Waals surface area contributed by atoms with E-state index in [0.717, 1.165) is 0 Å². The van der Waals surface area contributed by atoms with Crippen LogP contribution >= 0.6 is 24.4 Å². The fourth-order valence-electron chi connectivity index (χ4n) is 1.34. The number of carbonyl (C=O) groups excluding carboxylic acids is 2. The number of rotatable bonds is 2. The number of alkyl carbamates (subject to hydrolysis) is 2. The molecule has 0 spiro atoms. The van der Waals surface area contributed by atoms with E-state index in [1.165, 1.54) is 32.4 Å². The van der Waals surface area contributed by atoms with Crippen LogP contribution in [0.15, 0.2) is 18.2 Å². The number of anilines is 2. The van der Waals surface area contributed by atoms with Crippen LogP contribution in [0.5, 0.6) is 5.75 Å². The van der Waals surface area contributed by atoms with Gasteiger partial charge in [0.2, 0.25) is 0 Å². The maximum absolute atomic E-state index is 11.1. The summed E-state index contributed by atoms with van der Waals surface area (Å²) in [5.41, 5.74) is 0.693. The third kappa shape index (κ3) is 6.32. The third-order valence-corrected chi connectivity index (χ3v) is 2.71. The van der Waals surface area contributed by atoms with Crippen molar-refractivity contribution in [3.8, 4) is 5.75 Å². The molecule has 1 rings (SSSR count). The van der Waals surface area contributed by atoms with Crippen LogP contribution in [0.2, 0.25) is 0 Å². The Kier molecular flexibility index (Phi) is 6.96. The number of aromatic hydroxyl groups is 1. The molecule has 9 nitrogen and oxygen atoms in total. The number of benzene rings is 1. The second kappa shape index (κ2) is 8.70. The lowest BCUT2D eigenvalue weighted by atomic mass is 10.2. The molecular weight excluding hydrogens is 344 g/mol. The van der Waals surface area contributed by atoms with Crippen molar-refractivity contribution in [2.75, 3.05) is 24.9 Å². The minimum Gasteiger partial charge on any atom is -0.508 e. The highest BCUT2D eigenvalue weighted by Crippen LogP contribution is 2.26. The van der Waals surface area contributed by atoms with Gasteiger partial charge in [0.25, 0.3) is 0 Å². The molecule has 1 aromatic rings. The quantitative estimate of drug-likeness (QED) is 0.395. The first-order valence-electron chi connectivity index (χ1n) is 6.00. The van der Waals surface area contributed by atoms with Crippen molar-refractivity contribution in [3.63, 3.8) is 0 Å². The average Bonchev–Trinajstić information content (AvgIpc) is 2.49. The van der Waals surface area contributed by atoms with E-state index in [1.54, 1.807) is 0 Å². The van der Waals surface area contributed by atoms with Gasteiger partial charge in [0.15, 0.2) is 10.2 Å². The van der Waals surface area contributed by atoms with Crippen LogP contribution in [0.1, 0.15) is 0 Å². The zero-order chi connectivity index (χ0) is 17.4. The lowest BCUT2D eigenvalue weighted by Gasteiger charge is -2.15. The highest BCUT2D eigenvalue weighted by molar-refractivity contribution is 7.80. The van der Waals surface area contributed by atoms with E-state index in [1.807, 2.05) is 0 Å². The molecule has 23 heavy (non-hydrogen) atoms. The molecule has 0 saturated carbocycles. The average molecular weight is 358 g/mol. The summed E-state index contributed by atoms with van der Waals surface area (Å²) in [5.74, 6) is -0.0502. The first-order valence-corrected chi connectivity index (χ1v) is 6.82. The number of ether oxygens (including phenoxy) is 2. The molecule has 0 heterocycles. The smallest absolute Gasteiger partial charge is 0.413 e. The first-order chi connectivity index (χ1) is 10.8. The van der Waals surface area contributed by atoms with Crippen LogP contribution in [0.25, 0.3) is 0 Å². The standard InChI is InChI=1S/C12H14N4O5S2/c1-20-11(18)15-9(22)13-7-4-3-6(17)5-8(7)14-10(23)16-12(19)21-2/h3-5,17H,1-2H3,(H2,13,15,18,22)(H2,14,16,19,23). The van der Waals surface area contributed by atoms with Crippen molar-refractivity contribution < 1.29 is 24.2 Å². The summed E-state index contributed by atoms with van der Waals surface area (Å²) in [7, 11) is 2.39. The van der Waals surface area contributed by atoms with Crippen molar-refractivity contribution in [2.45, 2.75) is 0 Å². The Morgan fingerprint density at radius 3 is 1.91 bits per heavy atom. The molecule has 0 radical (unpaired) electrons. The molecular formula is C12H14N4O5S2. The molecule has 0 aliphatic rings. The number of nitrogens with one attached hydrogen (secondary N) is 4. The van der Waals surface area contributed by atoms with Crippen LogP contribution in [-0.4, -0.2) is 41.7 Å². The zero-order valence-corrected chi connectivity index (χ0v) is 13.8. The van der Waals surface area contributed by atoms with Gasteiger partial charge in [0.1, 0.15) is 5.75 Å². The number of amides is 2. The molecule has 0 aromatic heterocycles. The number of phenols is 1. The van der Waals surface area contributed by atoms with Crippen molar-refractivity contribution in [1.82, 2.24) is 10.6 Å². The van der Waals surface area contributed by atoms with Crippen LogP contribution in [-0.2, 0) is 9.47 Å². The maximum Gasteiger partial charge on any atom is 0.413 e. The Hall–Kier alpha value is -2.66. The highest BCUT2D eigenvalue weighted by atomic mass is 32.1. The van der Waals surface area contributed by atoms with E-state index < -0.39 is 12.2 Å². The van der Waals surface area contributed by atoms with Gasteiger partial charge in [-0.2, -0.15) is 0 Å². The largest absolute Gasteiger partial charge is 0.508 e. The van der Waals surface area contributed by atoms with Gasteiger partial charge in [-0.3, -0.25) is 10.6 Å². The van der Waals surface area contributed by atoms with Gasteiger partial charge in [-0.05, 0) is 36.6 Å². The SMILES string of the molecule is COC(=O)NC(=S)Nc1ccc(O)cc1NC(=S)NC(=O)OC. The summed E-state index contributed by atoms with van der Waals surface area (Å²) in [5, 5.41) is 19.4. The first kappa shape index (κ1) is 18.4. The fourth-order valence-corrected chi connectivity index (χ4v) is 1.73. The third-order valence-electron chi connectivity index (χ3n) is 2.30. The van der Waals surface area contributed by atoms with E-state index >= 15 is 0 Å². The number of phenolic OH excluding ortho intramolecular Hbond substituents is 1. The Labute approximate surface area is 142 Å². The molecule has 0 bridgehead atoms. The Morgan fingerprint density at radius 2 is 1.43 bits per heavy atom. The number of methoxy groups -OCH3 is 2. The van der Waals surface area contributed by atoms with E-state index in [-0.39, 0.29) is 16.0 Å². The number of hydrogen-bond acceptors (Lipinski definition) is 7. The van der Waals surface area contributed by atoms with Gasteiger partial charge in [-0.1, -0.05) is 0 Å². The highest BCUT2D eigenvalue weighted by Gasteiger charge is 2.11. The molecule has 124 valence electrons. The Balaban J connectivity index is 2.84. The topological polar surface area (TPSA) is 121 Å². The molecule has 0 fully saturated rings. The van der Waals surface area contributed by atoms with E-state index in [2.05, 4.69) is 30.7 Å². The minimum atomic E-state index is -0.750. The molecule has 11 heteroatoms. The minimum absolute atomic E-state index is 0.0302. The van der Waals surface area contributed by atoms with Gasteiger partial charge in [0, 0.05) is 6.07 Å². The molecule has 2 amide bonds. The summed E-state index contributed by atoms with van der Waals surface area (Å²) in [6.07, 6.45) is -1.49. The second-order valence-electron chi connectivity index (χ2n) is 3.87. The lowest BCUT2D eigenvalue weighted by molar-refractivity contribution is 0.176. The van der Waals surface area contributed by atoms with Crippen molar-refractivity contribution in [1.29, 1.82) is 0 Å². The molecule has 1 aromatic carbocycles. The Bertz CT molecular complexity index is 638. The normalized spacial score (nSPS) is 9.30. The van der Waals surface area contributed by atoms with Gasteiger partial charge < -0.3 is 25.2 Å². The van der Waals surface area contributed by atoms with E-state index in [9.17, 15) is 14.7 Å². The summed E-state index contributed by atoms with van der Waals surface area (Å²) < 4.78 is 8.82. The monoisotopic (exact) mass is 358 g/mol. The Morgan fingerprint density at radius 1 is 0.957 bits per heavy atom. The van der Waals surface area contributed by atoms with E-state index in [0.29, 0.717) is 11.4 Å². The van der Waals surface area contributed by atoms with Crippen molar-refractivity contribution in [3.05, 3.63) is 18.2 Å². The predicted octanol–water partition coefficient (Wildman–Crippen LogP) is 1.50. The van der Waals surface area contributed by atoms with Gasteiger partial charge in [-0.25, -0.2) is 9.59 Å². The number of thiocarbonyl (C=S) groups is 2. The molecule has 0 unspecified atom stereocenters. The fraction of sp³-hybridized carbons (Fsp3) is 0.167. The van der Waals surface area contributed by atoms with Crippen LogP contribution in [0, 0.1) is 0 Å². The molecule has 0 aliphatic carbocycles. The molecule has 0 saturated heterocycles. The maximum atomic E-state index is 11.1. The van der Waals surface area contributed by atoms with Crippen molar-refractivity contribution in [2.24, 2.45) is 0 Å². The van der Waals surface area contributed by atoms with E-state index in [4.69, 9.17) is 24.4 Å². The summed E-state index contributed by atoms with van der Waals surface area (Å²) in [4.78, 5) is 22.2. The summed E-state index contributed by atoms with van der Waals surface area (Å²) in [6, 6.07) is 4.23. The van der Waals surface area contributed by atoms with Gasteiger partial charge in [0.05, 0.1) is 25.6 Å². The van der Waals surface area contributed by atoms with Crippen LogP contribution in [0.4, 0.5) is 21.0 Å².